The molecule has 2 aliphatic heterocycles. The molecule has 2 aromatic carbocycles. The number of hydroxylamine groups is 2. The third-order valence-corrected chi connectivity index (χ3v) is 8.54. The van der Waals surface area contributed by atoms with Crippen LogP contribution in [-0.4, -0.2) is 40.2 Å². The zero-order valence-electron chi connectivity index (χ0n) is 22.1. The van der Waals surface area contributed by atoms with E-state index >= 15 is 0 Å². The van der Waals surface area contributed by atoms with Gasteiger partial charge in [-0.25, -0.2) is 0 Å². The number of aryl methyl sites for hydroxylation is 1. The minimum Gasteiger partial charge on any atom is -0.481 e. The van der Waals surface area contributed by atoms with Crippen molar-refractivity contribution in [3.8, 4) is 0 Å². The number of halogens is 3. The van der Waals surface area contributed by atoms with Gasteiger partial charge in [0.25, 0.3) is 0 Å². The van der Waals surface area contributed by atoms with E-state index in [0.29, 0.717) is 24.2 Å². The summed E-state index contributed by atoms with van der Waals surface area (Å²) in [5, 5.41) is 11.0. The summed E-state index contributed by atoms with van der Waals surface area (Å²) < 4.78 is 41.8. The zero-order chi connectivity index (χ0) is 27.0. The van der Waals surface area contributed by atoms with Crippen LogP contribution in [-0.2, 0) is 35.4 Å². The highest BCUT2D eigenvalue weighted by Crippen LogP contribution is 2.45. The van der Waals surface area contributed by atoms with Gasteiger partial charge in [0.15, 0.2) is 0 Å². The van der Waals surface area contributed by atoms with Crippen LogP contribution in [0.5, 0.6) is 0 Å². The second-order valence-corrected chi connectivity index (χ2v) is 11.2. The lowest BCUT2D eigenvalue weighted by Gasteiger charge is -2.37. The standard InChI is InChI=1S/C30H37F3N2O3/c1-3-21-14-23(10-11-24(21)15-34-16-25(17-34)29(36)37)28-19(2)35(28)38-18-20-9-12-26(22-7-5-4-6-8-22)27(13-20)30(31,32)33/h9-14,19,22,25,28H,3-8,15-18H2,1-2H3,(H,36,37). The number of carbonyl (C=O) groups is 1. The van der Waals surface area contributed by atoms with Crippen LogP contribution in [0.4, 0.5) is 13.2 Å². The minimum absolute atomic E-state index is 0.0117. The van der Waals surface area contributed by atoms with Crippen molar-refractivity contribution in [2.45, 2.75) is 89.7 Å². The highest BCUT2D eigenvalue weighted by molar-refractivity contribution is 5.71. The summed E-state index contributed by atoms with van der Waals surface area (Å²) in [6.07, 6.45) is 1.23. The van der Waals surface area contributed by atoms with Crippen LogP contribution in [0.2, 0.25) is 0 Å². The van der Waals surface area contributed by atoms with Gasteiger partial charge in [0.1, 0.15) is 0 Å². The van der Waals surface area contributed by atoms with E-state index in [1.807, 2.05) is 5.06 Å². The first-order chi connectivity index (χ1) is 18.2. The van der Waals surface area contributed by atoms with Gasteiger partial charge in [-0.15, -0.1) is 0 Å². The molecular weight excluding hydrogens is 493 g/mol. The molecule has 1 saturated carbocycles. The molecule has 3 atom stereocenters. The van der Waals surface area contributed by atoms with Gasteiger partial charge in [0.2, 0.25) is 0 Å². The van der Waals surface area contributed by atoms with E-state index in [-0.39, 0.29) is 30.5 Å². The summed E-state index contributed by atoms with van der Waals surface area (Å²) in [6, 6.07) is 11.3. The summed E-state index contributed by atoms with van der Waals surface area (Å²) in [4.78, 5) is 19.2. The maximum atomic E-state index is 13.9. The Balaban J connectivity index is 1.22. The monoisotopic (exact) mass is 530 g/mol. The molecular formula is C30H37F3N2O3. The van der Waals surface area contributed by atoms with Gasteiger partial charge in [-0.2, -0.15) is 18.2 Å². The van der Waals surface area contributed by atoms with Crippen molar-refractivity contribution in [1.29, 1.82) is 0 Å². The van der Waals surface area contributed by atoms with Crippen molar-refractivity contribution in [2.75, 3.05) is 13.1 Å². The molecule has 3 aliphatic rings. The van der Waals surface area contributed by atoms with Gasteiger partial charge in [-0.1, -0.05) is 56.5 Å². The Hall–Kier alpha value is -2.42. The molecule has 5 nitrogen and oxygen atoms in total. The molecule has 0 aromatic heterocycles. The number of benzene rings is 2. The van der Waals surface area contributed by atoms with Crippen LogP contribution in [0.15, 0.2) is 36.4 Å². The van der Waals surface area contributed by atoms with E-state index in [4.69, 9.17) is 9.94 Å². The lowest BCUT2D eigenvalue weighted by molar-refractivity contribution is -0.147. The molecule has 5 rings (SSSR count). The summed E-state index contributed by atoms with van der Waals surface area (Å²) in [6.45, 7) is 6.18. The first-order valence-electron chi connectivity index (χ1n) is 13.8. The van der Waals surface area contributed by atoms with Gasteiger partial charge in [-0.05, 0) is 66.0 Å². The maximum Gasteiger partial charge on any atom is 0.416 e. The fourth-order valence-corrected chi connectivity index (χ4v) is 6.21. The third-order valence-electron chi connectivity index (χ3n) is 8.54. The van der Waals surface area contributed by atoms with Gasteiger partial charge in [0, 0.05) is 19.6 Å². The molecule has 3 fully saturated rings. The van der Waals surface area contributed by atoms with Gasteiger partial charge < -0.3 is 5.11 Å². The highest BCUT2D eigenvalue weighted by atomic mass is 19.4. The highest BCUT2D eigenvalue weighted by Gasteiger charge is 2.47. The van der Waals surface area contributed by atoms with Crippen LogP contribution < -0.4 is 0 Å². The zero-order valence-corrected chi connectivity index (χ0v) is 22.1. The van der Waals surface area contributed by atoms with Gasteiger partial charge in [0.05, 0.1) is 30.2 Å². The SMILES string of the molecule is CCc1cc(C2C(C)N2OCc2ccc(C3CCCCC3)c(C(F)(F)F)c2)ccc1CN1CC(C(=O)O)C1. The largest absolute Gasteiger partial charge is 0.481 e. The van der Waals surface area contributed by atoms with E-state index in [9.17, 15) is 18.0 Å². The Labute approximate surface area is 222 Å². The third kappa shape index (κ3) is 5.77. The number of hydrogen-bond donors (Lipinski definition) is 1. The number of rotatable bonds is 9. The molecule has 0 spiro atoms. The Morgan fingerprint density at radius 2 is 1.79 bits per heavy atom. The van der Waals surface area contributed by atoms with Crippen molar-refractivity contribution in [1.82, 2.24) is 9.96 Å². The number of likely N-dealkylation sites (tertiary alicyclic amines) is 1. The fourth-order valence-electron chi connectivity index (χ4n) is 6.21. The van der Waals surface area contributed by atoms with E-state index in [2.05, 4.69) is 36.9 Å². The fraction of sp³-hybridized carbons (Fsp3) is 0.567. The molecule has 2 heterocycles. The van der Waals surface area contributed by atoms with Crippen LogP contribution in [0.25, 0.3) is 0 Å². The number of carboxylic acids is 1. The van der Waals surface area contributed by atoms with E-state index in [1.165, 1.54) is 17.2 Å². The molecule has 0 amide bonds. The predicted octanol–water partition coefficient (Wildman–Crippen LogP) is 6.71. The van der Waals surface area contributed by atoms with Gasteiger partial charge >= 0.3 is 12.1 Å². The molecule has 206 valence electrons. The number of aliphatic carboxylic acids is 1. The summed E-state index contributed by atoms with van der Waals surface area (Å²) in [5.74, 6) is -1.01. The molecule has 38 heavy (non-hydrogen) atoms. The number of nitrogens with zero attached hydrogens (tertiary/aromatic N) is 2. The second kappa shape index (κ2) is 11.0. The van der Waals surface area contributed by atoms with Crippen LogP contribution in [0, 0.1) is 5.92 Å². The topological polar surface area (TPSA) is 52.8 Å². The second-order valence-electron chi connectivity index (χ2n) is 11.2. The lowest BCUT2D eigenvalue weighted by atomic mass is 9.81. The number of hydrogen-bond acceptors (Lipinski definition) is 4. The first kappa shape index (κ1) is 27.2. The van der Waals surface area contributed by atoms with E-state index in [0.717, 1.165) is 50.6 Å². The smallest absolute Gasteiger partial charge is 0.416 e. The van der Waals surface area contributed by atoms with Crippen molar-refractivity contribution in [3.05, 3.63) is 69.8 Å². The van der Waals surface area contributed by atoms with Crippen molar-refractivity contribution < 1.29 is 27.9 Å². The molecule has 0 radical (unpaired) electrons. The normalized spacial score (nSPS) is 24.8. The lowest BCUT2D eigenvalue weighted by Crippen LogP contribution is -2.49. The van der Waals surface area contributed by atoms with Crippen molar-refractivity contribution >= 4 is 5.97 Å². The van der Waals surface area contributed by atoms with Crippen LogP contribution >= 0.6 is 0 Å². The molecule has 3 unspecified atom stereocenters. The van der Waals surface area contributed by atoms with E-state index < -0.39 is 17.7 Å². The quantitative estimate of drug-likeness (QED) is 0.365. The molecule has 2 aromatic rings. The number of carboxylic acid groups (broad SMARTS) is 1. The maximum absolute atomic E-state index is 13.9. The average molecular weight is 531 g/mol. The Bertz CT molecular complexity index is 1160. The molecule has 2 saturated heterocycles. The summed E-state index contributed by atoms with van der Waals surface area (Å²) >= 11 is 0. The van der Waals surface area contributed by atoms with Crippen LogP contribution in [0.3, 0.4) is 0 Å². The molecule has 1 N–H and O–H groups in total. The summed E-state index contributed by atoms with van der Waals surface area (Å²) in [7, 11) is 0. The summed E-state index contributed by atoms with van der Waals surface area (Å²) in [5.41, 5.74) is 4.03. The van der Waals surface area contributed by atoms with Crippen LogP contribution in [0.1, 0.15) is 91.3 Å². The Morgan fingerprint density at radius 1 is 1.05 bits per heavy atom. The predicted molar refractivity (Wildman–Crippen MR) is 138 cm³/mol. The van der Waals surface area contributed by atoms with Gasteiger partial charge in [-0.3, -0.25) is 14.5 Å². The number of alkyl halides is 3. The molecule has 1 aliphatic carbocycles. The Kier molecular flexibility index (Phi) is 7.85. The molecule has 8 heteroatoms. The Morgan fingerprint density at radius 3 is 2.45 bits per heavy atom. The first-order valence-corrected chi connectivity index (χ1v) is 13.8. The minimum atomic E-state index is -4.37. The van der Waals surface area contributed by atoms with Crippen molar-refractivity contribution in [3.63, 3.8) is 0 Å². The van der Waals surface area contributed by atoms with Crippen molar-refractivity contribution in [2.24, 2.45) is 5.92 Å². The molecule has 0 bridgehead atoms. The average Bonchev–Trinajstić information content (AvgIpc) is 3.53. The van der Waals surface area contributed by atoms with E-state index in [1.54, 1.807) is 12.1 Å².